The first-order chi connectivity index (χ1) is 14.8. The fourth-order valence-electron chi connectivity index (χ4n) is 3.25. The van der Waals surface area contributed by atoms with Crippen molar-refractivity contribution in [2.24, 2.45) is 14.1 Å². The second-order valence-electron chi connectivity index (χ2n) is 7.29. The van der Waals surface area contributed by atoms with Crippen molar-refractivity contribution in [3.8, 4) is 12.1 Å². The average Bonchev–Trinajstić information content (AvgIpc) is 3.34. The van der Waals surface area contributed by atoms with E-state index in [9.17, 15) is 9.59 Å². The SMILES string of the molecule is C[C@@H](NC(=O)c1cc(C#N)cn1C)c1ccc(CNC(=O)c2cc(C#N)cn2C)cc1. The Balaban J connectivity index is 1.59. The fourth-order valence-corrected chi connectivity index (χ4v) is 3.25. The Morgan fingerprint density at radius 2 is 1.45 bits per heavy atom. The van der Waals surface area contributed by atoms with Gasteiger partial charge in [-0.1, -0.05) is 24.3 Å². The monoisotopic (exact) mass is 414 g/mol. The van der Waals surface area contributed by atoms with Crippen molar-refractivity contribution in [3.05, 3.63) is 82.4 Å². The Morgan fingerprint density at radius 3 is 1.94 bits per heavy atom. The standard InChI is InChI=1S/C23H22N6O2/c1-15(27-23(31)21-9-18(11-25)14-29(21)3)19-6-4-16(5-7-19)12-26-22(30)20-8-17(10-24)13-28(20)2/h4-9,13-15H,12H2,1-3H3,(H,26,30)(H,27,31)/t15-/m1/s1. The molecule has 2 N–H and O–H groups in total. The summed E-state index contributed by atoms with van der Waals surface area (Å²) >= 11 is 0. The molecule has 1 atom stereocenters. The van der Waals surface area contributed by atoms with Crippen LogP contribution in [0.2, 0.25) is 0 Å². The Morgan fingerprint density at radius 1 is 0.935 bits per heavy atom. The van der Waals surface area contributed by atoms with E-state index in [4.69, 9.17) is 10.5 Å². The van der Waals surface area contributed by atoms with Gasteiger partial charge in [0.05, 0.1) is 17.2 Å². The van der Waals surface area contributed by atoms with Crippen LogP contribution in [0.15, 0.2) is 48.8 Å². The van der Waals surface area contributed by atoms with E-state index >= 15 is 0 Å². The second-order valence-corrected chi connectivity index (χ2v) is 7.29. The van der Waals surface area contributed by atoms with Crippen molar-refractivity contribution in [1.29, 1.82) is 10.5 Å². The molecule has 0 radical (unpaired) electrons. The minimum absolute atomic E-state index is 0.232. The zero-order chi connectivity index (χ0) is 22.5. The van der Waals surface area contributed by atoms with Gasteiger partial charge in [-0.2, -0.15) is 10.5 Å². The van der Waals surface area contributed by atoms with Gasteiger partial charge in [-0.05, 0) is 30.2 Å². The zero-order valence-electron chi connectivity index (χ0n) is 17.5. The lowest BCUT2D eigenvalue weighted by Crippen LogP contribution is -2.28. The van der Waals surface area contributed by atoms with Crippen molar-refractivity contribution in [3.63, 3.8) is 0 Å². The van der Waals surface area contributed by atoms with Crippen LogP contribution in [0.1, 0.15) is 56.2 Å². The zero-order valence-corrected chi connectivity index (χ0v) is 17.5. The lowest BCUT2D eigenvalue weighted by atomic mass is 10.1. The minimum Gasteiger partial charge on any atom is -0.347 e. The normalized spacial score (nSPS) is 11.3. The highest BCUT2D eigenvalue weighted by molar-refractivity contribution is 5.93. The maximum atomic E-state index is 12.5. The Kier molecular flexibility index (Phi) is 6.23. The summed E-state index contributed by atoms with van der Waals surface area (Å²) in [7, 11) is 3.44. The molecule has 156 valence electrons. The molecule has 31 heavy (non-hydrogen) atoms. The van der Waals surface area contributed by atoms with E-state index in [1.165, 1.54) is 0 Å². The number of amides is 2. The van der Waals surface area contributed by atoms with Crippen molar-refractivity contribution < 1.29 is 9.59 Å². The molecule has 3 aromatic rings. The summed E-state index contributed by atoms with van der Waals surface area (Å²) in [4.78, 5) is 24.8. The summed E-state index contributed by atoms with van der Waals surface area (Å²) < 4.78 is 3.24. The molecule has 2 amide bonds. The van der Waals surface area contributed by atoms with Crippen LogP contribution < -0.4 is 10.6 Å². The molecule has 8 heteroatoms. The quantitative estimate of drug-likeness (QED) is 0.645. The maximum Gasteiger partial charge on any atom is 0.268 e. The number of aryl methyl sites for hydroxylation is 2. The lowest BCUT2D eigenvalue weighted by molar-refractivity contribution is 0.0927. The summed E-state index contributed by atoms with van der Waals surface area (Å²) in [6, 6.07) is 14.5. The average molecular weight is 414 g/mol. The summed E-state index contributed by atoms with van der Waals surface area (Å²) in [5.74, 6) is -0.514. The Hall–Kier alpha value is -4.30. The summed E-state index contributed by atoms with van der Waals surface area (Å²) in [6.07, 6.45) is 3.22. The Labute approximate surface area is 180 Å². The van der Waals surface area contributed by atoms with Gasteiger partial charge in [0, 0.05) is 33.0 Å². The van der Waals surface area contributed by atoms with Crippen molar-refractivity contribution in [2.45, 2.75) is 19.5 Å². The first-order valence-electron chi connectivity index (χ1n) is 9.63. The third-order valence-corrected chi connectivity index (χ3v) is 5.01. The molecule has 0 saturated carbocycles. The van der Waals surface area contributed by atoms with Gasteiger partial charge in [0.2, 0.25) is 0 Å². The first-order valence-corrected chi connectivity index (χ1v) is 9.63. The summed E-state index contributed by atoms with van der Waals surface area (Å²) in [5.41, 5.74) is 3.54. The fraction of sp³-hybridized carbons (Fsp3) is 0.217. The molecule has 2 aromatic heterocycles. The van der Waals surface area contributed by atoms with Crippen LogP contribution in [0.3, 0.4) is 0 Å². The van der Waals surface area contributed by atoms with Crippen LogP contribution in [0.25, 0.3) is 0 Å². The number of rotatable bonds is 6. The maximum absolute atomic E-state index is 12.5. The highest BCUT2D eigenvalue weighted by Gasteiger charge is 2.16. The van der Waals surface area contributed by atoms with E-state index in [0.717, 1.165) is 11.1 Å². The van der Waals surface area contributed by atoms with Gasteiger partial charge >= 0.3 is 0 Å². The van der Waals surface area contributed by atoms with Crippen LogP contribution >= 0.6 is 0 Å². The van der Waals surface area contributed by atoms with Gasteiger partial charge in [0.1, 0.15) is 23.5 Å². The van der Waals surface area contributed by atoms with Crippen molar-refractivity contribution in [1.82, 2.24) is 19.8 Å². The topological polar surface area (TPSA) is 116 Å². The van der Waals surface area contributed by atoms with E-state index in [2.05, 4.69) is 10.6 Å². The highest BCUT2D eigenvalue weighted by atomic mass is 16.2. The molecule has 8 nitrogen and oxygen atoms in total. The number of carbonyl (C=O) groups is 2. The second kappa shape index (κ2) is 9.02. The van der Waals surface area contributed by atoms with E-state index in [1.807, 2.05) is 43.3 Å². The number of benzene rings is 1. The molecule has 0 aliphatic rings. The molecule has 0 spiro atoms. The smallest absolute Gasteiger partial charge is 0.268 e. The number of hydrogen-bond donors (Lipinski definition) is 2. The van der Waals surface area contributed by atoms with E-state index in [0.29, 0.717) is 29.1 Å². The predicted octanol–water partition coefficient (Wildman–Crippen LogP) is 2.53. The van der Waals surface area contributed by atoms with Crippen molar-refractivity contribution >= 4 is 11.8 Å². The van der Waals surface area contributed by atoms with Crippen LogP contribution in [-0.2, 0) is 20.6 Å². The van der Waals surface area contributed by atoms with Crippen LogP contribution in [0, 0.1) is 22.7 Å². The van der Waals surface area contributed by atoms with Crippen molar-refractivity contribution in [2.75, 3.05) is 0 Å². The van der Waals surface area contributed by atoms with Crippen LogP contribution in [0.5, 0.6) is 0 Å². The first kappa shape index (κ1) is 21.4. The largest absolute Gasteiger partial charge is 0.347 e. The highest BCUT2D eigenvalue weighted by Crippen LogP contribution is 2.15. The molecule has 1 aromatic carbocycles. The number of nitriles is 2. The minimum atomic E-state index is -0.257. The van der Waals surface area contributed by atoms with Gasteiger partial charge in [-0.3, -0.25) is 9.59 Å². The number of aromatic nitrogens is 2. The summed E-state index contributed by atoms with van der Waals surface area (Å²) in [5, 5.41) is 23.7. The third kappa shape index (κ3) is 4.82. The van der Waals surface area contributed by atoms with Gasteiger partial charge in [0.15, 0.2) is 0 Å². The molecule has 0 bridgehead atoms. The molecular weight excluding hydrogens is 392 g/mol. The van der Waals surface area contributed by atoms with Gasteiger partial charge in [-0.15, -0.1) is 0 Å². The molecule has 2 heterocycles. The number of carbonyl (C=O) groups excluding carboxylic acids is 2. The number of hydrogen-bond acceptors (Lipinski definition) is 4. The molecule has 0 saturated heterocycles. The Bertz CT molecular complexity index is 1200. The number of nitrogens with one attached hydrogen (secondary N) is 2. The van der Waals surface area contributed by atoms with E-state index in [-0.39, 0.29) is 17.9 Å². The molecule has 0 unspecified atom stereocenters. The molecule has 3 rings (SSSR count). The molecule has 0 aliphatic carbocycles. The lowest BCUT2D eigenvalue weighted by Gasteiger charge is -2.15. The van der Waals surface area contributed by atoms with Gasteiger partial charge in [0.25, 0.3) is 11.8 Å². The van der Waals surface area contributed by atoms with Gasteiger partial charge < -0.3 is 19.8 Å². The molecule has 0 fully saturated rings. The van der Waals surface area contributed by atoms with Crippen LogP contribution in [-0.4, -0.2) is 20.9 Å². The summed E-state index contributed by atoms with van der Waals surface area (Å²) in [6.45, 7) is 2.22. The van der Waals surface area contributed by atoms with Gasteiger partial charge in [-0.25, -0.2) is 0 Å². The third-order valence-electron chi connectivity index (χ3n) is 5.01. The molecule has 0 aliphatic heterocycles. The van der Waals surface area contributed by atoms with E-state index < -0.39 is 0 Å². The number of nitrogens with zero attached hydrogens (tertiary/aromatic N) is 4. The van der Waals surface area contributed by atoms with E-state index in [1.54, 1.807) is 47.8 Å². The molecular formula is C23H22N6O2. The van der Waals surface area contributed by atoms with Crippen LogP contribution in [0.4, 0.5) is 0 Å². The predicted molar refractivity (Wildman–Crippen MR) is 114 cm³/mol.